The Morgan fingerprint density at radius 1 is 1.50 bits per heavy atom. The van der Waals surface area contributed by atoms with Crippen LogP contribution in [0.3, 0.4) is 0 Å². The smallest absolute Gasteiger partial charge is 0.254 e. The quantitative estimate of drug-likeness (QED) is 0.834. The second-order valence-electron chi connectivity index (χ2n) is 3.65. The van der Waals surface area contributed by atoms with Crippen molar-refractivity contribution in [2.24, 2.45) is 5.73 Å². The number of benzene rings is 1. The summed E-state index contributed by atoms with van der Waals surface area (Å²) in [7, 11) is 3.05. The molecular formula is C12H17BrN2O3. The largest absolute Gasteiger partial charge is 0.380 e. The third kappa shape index (κ3) is 3.78. The first-order chi connectivity index (χ1) is 8.63. The summed E-state index contributed by atoms with van der Waals surface area (Å²) in [4.78, 5) is 11.9. The molecule has 18 heavy (non-hydrogen) atoms. The average Bonchev–Trinajstić information content (AvgIpc) is 2.35. The van der Waals surface area contributed by atoms with Gasteiger partial charge in [-0.25, -0.2) is 0 Å². The Hall–Kier alpha value is -0.950. The Kier molecular flexibility index (Phi) is 6.28. The third-order valence-corrected chi connectivity index (χ3v) is 3.20. The summed E-state index contributed by atoms with van der Waals surface area (Å²) < 4.78 is 11.0. The number of rotatable bonds is 6. The molecule has 0 radical (unpaired) electrons. The number of ether oxygens (including phenoxy) is 2. The standard InChI is InChI=1S/C12H17BrN2O3/c1-17-7-8-9(13)4-3-5-10(8)15-12(16)11(6-14)18-2/h3-5,11H,6-7,14H2,1-2H3,(H,15,16). The lowest BCUT2D eigenvalue weighted by Crippen LogP contribution is -2.36. The molecule has 0 heterocycles. The Balaban J connectivity index is 2.90. The molecule has 0 saturated carbocycles. The molecule has 6 heteroatoms. The van der Waals surface area contributed by atoms with Crippen LogP contribution in [0.4, 0.5) is 5.69 Å². The molecule has 0 spiro atoms. The maximum absolute atomic E-state index is 11.9. The molecule has 1 amide bonds. The molecule has 1 aromatic carbocycles. The van der Waals surface area contributed by atoms with Gasteiger partial charge in [0.1, 0.15) is 6.10 Å². The fraction of sp³-hybridized carbons (Fsp3) is 0.417. The molecule has 0 aromatic heterocycles. The van der Waals surface area contributed by atoms with Crippen molar-refractivity contribution in [3.05, 3.63) is 28.2 Å². The van der Waals surface area contributed by atoms with E-state index in [0.717, 1.165) is 10.0 Å². The molecule has 0 bridgehead atoms. The van der Waals surface area contributed by atoms with E-state index in [4.69, 9.17) is 15.2 Å². The van der Waals surface area contributed by atoms with Crippen molar-refractivity contribution in [1.29, 1.82) is 0 Å². The average molecular weight is 317 g/mol. The molecule has 0 aliphatic carbocycles. The van der Waals surface area contributed by atoms with Gasteiger partial charge in [0, 0.05) is 36.5 Å². The summed E-state index contributed by atoms with van der Waals surface area (Å²) in [6, 6.07) is 5.53. The maximum Gasteiger partial charge on any atom is 0.254 e. The molecule has 3 N–H and O–H groups in total. The van der Waals surface area contributed by atoms with Crippen LogP contribution >= 0.6 is 15.9 Å². The molecule has 0 aliphatic heterocycles. The van der Waals surface area contributed by atoms with Gasteiger partial charge in [0.2, 0.25) is 0 Å². The number of halogens is 1. The number of anilines is 1. The van der Waals surface area contributed by atoms with E-state index < -0.39 is 6.10 Å². The highest BCUT2D eigenvalue weighted by molar-refractivity contribution is 9.10. The molecule has 1 unspecified atom stereocenters. The Bertz CT molecular complexity index is 408. The normalized spacial score (nSPS) is 12.2. The molecule has 1 aromatic rings. The summed E-state index contributed by atoms with van der Waals surface area (Å²) in [5, 5.41) is 2.78. The van der Waals surface area contributed by atoms with E-state index in [0.29, 0.717) is 12.3 Å². The van der Waals surface area contributed by atoms with E-state index in [1.54, 1.807) is 13.2 Å². The van der Waals surface area contributed by atoms with Gasteiger partial charge in [-0.15, -0.1) is 0 Å². The summed E-state index contributed by atoms with van der Waals surface area (Å²) in [6.07, 6.45) is -0.653. The zero-order chi connectivity index (χ0) is 13.5. The lowest BCUT2D eigenvalue weighted by Gasteiger charge is -2.16. The van der Waals surface area contributed by atoms with Crippen LogP contribution in [-0.2, 0) is 20.9 Å². The number of nitrogens with one attached hydrogen (secondary N) is 1. The monoisotopic (exact) mass is 316 g/mol. The summed E-state index contributed by atoms with van der Waals surface area (Å²) in [5.74, 6) is -0.268. The lowest BCUT2D eigenvalue weighted by atomic mass is 10.2. The van der Waals surface area contributed by atoms with Crippen molar-refractivity contribution in [2.75, 3.05) is 26.1 Å². The Morgan fingerprint density at radius 3 is 2.78 bits per heavy atom. The van der Waals surface area contributed by atoms with Gasteiger partial charge in [-0.05, 0) is 12.1 Å². The number of methoxy groups -OCH3 is 2. The minimum absolute atomic E-state index is 0.135. The van der Waals surface area contributed by atoms with Crippen molar-refractivity contribution in [3.8, 4) is 0 Å². The van der Waals surface area contributed by atoms with E-state index >= 15 is 0 Å². The number of carbonyl (C=O) groups is 1. The molecule has 5 nitrogen and oxygen atoms in total. The first kappa shape index (κ1) is 15.1. The Labute approximate surface area is 115 Å². The summed E-state index contributed by atoms with van der Waals surface area (Å²) in [5.41, 5.74) is 7.01. The zero-order valence-corrected chi connectivity index (χ0v) is 12.0. The SMILES string of the molecule is COCc1c(Br)cccc1NC(=O)C(CN)OC. The topological polar surface area (TPSA) is 73.6 Å². The van der Waals surface area contributed by atoms with Gasteiger partial charge in [0.15, 0.2) is 0 Å². The highest BCUT2D eigenvalue weighted by Crippen LogP contribution is 2.25. The summed E-state index contributed by atoms with van der Waals surface area (Å²) in [6.45, 7) is 0.535. The predicted molar refractivity (Wildman–Crippen MR) is 73.3 cm³/mol. The summed E-state index contributed by atoms with van der Waals surface area (Å²) >= 11 is 3.42. The Morgan fingerprint density at radius 2 is 2.22 bits per heavy atom. The first-order valence-corrected chi connectivity index (χ1v) is 6.23. The molecule has 100 valence electrons. The number of nitrogens with two attached hydrogens (primary N) is 1. The van der Waals surface area contributed by atoms with Gasteiger partial charge in [-0.2, -0.15) is 0 Å². The van der Waals surface area contributed by atoms with Crippen LogP contribution in [0.15, 0.2) is 22.7 Å². The van der Waals surface area contributed by atoms with E-state index in [2.05, 4.69) is 21.2 Å². The molecule has 1 atom stereocenters. The lowest BCUT2D eigenvalue weighted by molar-refractivity contribution is -0.125. The second-order valence-corrected chi connectivity index (χ2v) is 4.50. The van der Waals surface area contributed by atoms with Crippen molar-refractivity contribution in [3.63, 3.8) is 0 Å². The molecule has 0 fully saturated rings. The molecule has 1 rings (SSSR count). The minimum atomic E-state index is -0.653. The molecule has 0 saturated heterocycles. The molecular weight excluding hydrogens is 300 g/mol. The zero-order valence-electron chi connectivity index (χ0n) is 10.4. The van der Waals surface area contributed by atoms with Crippen LogP contribution in [0.2, 0.25) is 0 Å². The van der Waals surface area contributed by atoms with E-state index in [9.17, 15) is 4.79 Å². The van der Waals surface area contributed by atoms with Gasteiger partial charge in [0.05, 0.1) is 6.61 Å². The van der Waals surface area contributed by atoms with Crippen molar-refractivity contribution in [2.45, 2.75) is 12.7 Å². The van der Waals surface area contributed by atoms with Crippen LogP contribution < -0.4 is 11.1 Å². The van der Waals surface area contributed by atoms with E-state index in [1.165, 1.54) is 7.11 Å². The fourth-order valence-electron chi connectivity index (χ4n) is 1.49. The number of amides is 1. The highest BCUT2D eigenvalue weighted by atomic mass is 79.9. The van der Waals surface area contributed by atoms with Crippen molar-refractivity contribution >= 4 is 27.5 Å². The van der Waals surface area contributed by atoms with Gasteiger partial charge in [-0.3, -0.25) is 4.79 Å². The van der Waals surface area contributed by atoms with Crippen LogP contribution in [0, 0.1) is 0 Å². The maximum atomic E-state index is 11.9. The van der Waals surface area contributed by atoms with Gasteiger partial charge in [-0.1, -0.05) is 22.0 Å². The van der Waals surface area contributed by atoms with Crippen LogP contribution in [0.25, 0.3) is 0 Å². The van der Waals surface area contributed by atoms with Crippen molar-refractivity contribution < 1.29 is 14.3 Å². The minimum Gasteiger partial charge on any atom is -0.380 e. The molecule has 0 aliphatic rings. The van der Waals surface area contributed by atoms with Crippen LogP contribution in [0.1, 0.15) is 5.56 Å². The number of hydrogen-bond donors (Lipinski definition) is 2. The first-order valence-electron chi connectivity index (χ1n) is 5.44. The highest BCUT2D eigenvalue weighted by Gasteiger charge is 2.17. The second kappa shape index (κ2) is 7.48. The van der Waals surface area contributed by atoms with E-state index in [-0.39, 0.29) is 12.5 Å². The van der Waals surface area contributed by atoms with Gasteiger partial charge >= 0.3 is 0 Å². The predicted octanol–water partition coefficient (Wildman–Crippen LogP) is 1.51. The third-order valence-electron chi connectivity index (χ3n) is 2.46. The van der Waals surface area contributed by atoms with Crippen molar-refractivity contribution in [1.82, 2.24) is 0 Å². The van der Waals surface area contributed by atoms with Crippen LogP contribution in [0.5, 0.6) is 0 Å². The van der Waals surface area contributed by atoms with Crippen LogP contribution in [-0.4, -0.2) is 32.8 Å². The number of hydrogen-bond acceptors (Lipinski definition) is 4. The van der Waals surface area contributed by atoms with E-state index in [1.807, 2.05) is 12.1 Å². The van der Waals surface area contributed by atoms with Gasteiger partial charge in [0.25, 0.3) is 5.91 Å². The fourth-order valence-corrected chi connectivity index (χ4v) is 1.97. The van der Waals surface area contributed by atoms with Gasteiger partial charge < -0.3 is 20.5 Å². The number of carbonyl (C=O) groups excluding carboxylic acids is 1.